The number of aliphatic hydroxyl groups excluding tert-OH is 3. The van der Waals surface area contributed by atoms with Crippen LogP contribution in [0.3, 0.4) is 0 Å². The van der Waals surface area contributed by atoms with E-state index < -0.39 is 211 Å². The number of ether oxygens (including phenoxy) is 7. The quantitative estimate of drug-likeness (QED) is 0.0149. The van der Waals surface area contributed by atoms with Gasteiger partial charge in [-0.3, -0.25) is 43.2 Å². The highest BCUT2D eigenvalue weighted by atomic mass is 16.7. The largest absolute Gasteiger partial charge is 0.508 e. The number of nitrogens with two attached hydrogens (primary N) is 1. The van der Waals surface area contributed by atoms with E-state index in [4.69, 9.17) is 49.1 Å². The Morgan fingerprint density at radius 3 is 1.84 bits per heavy atom. The standard InChI is InChI=1S/C76H95N7O24/c1-39(2)32-51(82-69(96)52(33-56(77)87)81-66(93)42(5)79-65(92)41(4)78-36-50(86)30-31-57(88)89)68(95)80-49-28-26-45(27-29-49)37-101-72(99)105-54-34-55-75(38-102-55,107-44(7)85)62-64(106-70(97)48-24-18-13-19-25-48)76(100)35-53(40(3)58(73(76,8)9)61(103-43(6)84)63(91)74(54,62)10)104-71(98)60(90)59(46-20-14-11-15-21-46)83-67(94)47-22-16-12-17-23-47/h11-29,39,41-42,50-55,57,59-62,64,78,86,88-90,100H,30-38H2,1-10H3,(H2,77,87)(H,79,92)(H,80,95)(H,81,93)(H,82,96)(H,83,94)/t41-,42-,50+,51-,52-,53+,54+,55-,59+,60-,61-,62?,64+,74-,75+,76-/m1/s1. The Morgan fingerprint density at radius 2 is 1.27 bits per heavy atom. The molecule has 16 atom stereocenters. The Labute approximate surface area is 617 Å². The molecule has 4 aromatic carbocycles. The molecule has 0 aromatic heterocycles. The summed E-state index contributed by atoms with van der Waals surface area (Å²) in [5.41, 5.74) is -2.55. The number of carbonyl (C=O) groups excluding carboxylic acids is 12. The van der Waals surface area contributed by atoms with E-state index >= 15 is 4.79 Å². The summed E-state index contributed by atoms with van der Waals surface area (Å²) >= 11 is 0. The van der Waals surface area contributed by atoms with Crippen molar-refractivity contribution >= 4 is 76.9 Å². The van der Waals surface area contributed by atoms with Gasteiger partial charge in [0.25, 0.3) is 5.91 Å². The number of primary amides is 1. The third-order valence-electron chi connectivity index (χ3n) is 20.2. The predicted octanol–water partition coefficient (Wildman–Crippen LogP) is 2.86. The number of hydrogen-bond donors (Lipinski definition) is 12. The summed E-state index contributed by atoms with van der Waals surface area (Å²) in [5, 5.41) is 70.2. The van der Waals surface area contributed by atoms with E-state index in [0.29, 0.717) is 11.1 Å². The smallest absolute Gasteiger partial charge is 0.456 e. The second-order valence-corrected chi connectivity index (χ2v) is 28.7. The number of hydrogen-bond acceptors (Lipinski definition) is 25. The van der Waals surface area contributed by atoms with Crippen molar-refractivity contribution in [2.24, 2.45) is 28.4 Å². The molecule has 8 rings (SSSR count). The van der Waals surface area contributed by atoms with E-state index in [2.05, 4.69) is 31.9 Å². The molecule has 6 amide bonds. The zero-order chi connectivity index (χ0) is 78.6. The van der Waals surface area contributed by atoms with Crippen LogP contribution in [0.1, 0.15) is 146 Å². The number of Topliss-reactive ketones (excluding diaryl/α,β-unsaturated/α-hetero) is 1. The van der Waals surface area contributed by atoms with Crippen molar-refractivity contribution in [1.82, 2.24) is 26.6 Å². The Balaban J connectivity index is 1.05. The lowest BCUT2D eigenvalue weighted by molar-refractivity contribution is -0.346. The Morgan fingerprint density at radius 1 is 0.673 bits per heavy atom. The van der Waals surface area contributed by atoms with Gasteiger partial charge in [0.2, 0.25) is 29.5 Å². The van der Waals surface area contributed by atoms with Gasteiger partial charge >= 0.3 is 30.0 Å². The van der Waals surface area contributed by atoms with Crippen LogP contribution in [0.25, 0.3) is 0 Å². The van der Waals surface area contributed by atoms with E-state index in [1.807, 2.05) is 0 Å². The molecule has 1 aliphatic heterocycles. The molecule has 13 N–H and O–H groups in total. The van der Waals surface area contributed by atoms with Crippen molar-refractivity contribution in [3.8, 4) is 0 Å². The second-order valence-electron chi connectivity index (χ2n) is 28.7. The molecule has 2 saturated carbocycles. The average molecular weight is 1490 g/mol. The number of esters is 4. The topological polar surface area (TPSA) is 469 Å². The minimum absolute atomic E-state index is 0.0258. The highest BCUT2D eigenvalue weighted by Gasteiger charge is 2.79. The molecule has 578 valence electrons. The number of carbonyl (C=O) groups is 12. The first kappa shape index (κ1) is 82.6. The SMILES string of the molecule is CC(=O)O[C@H]1C(=O)[C@@]2(C)C([C@H](OC(=O)c3ccccc3)[C@]3(O)C[C@H](OC(=O)[C@H](O)[C@@H](NC(=O)c4ccccc4)c4ccccc4)C(C)=C1C3(C)C)[C@]1(OC(C)=O)CO[C@@H]1C[C@@H]2OC(=O)OCc1ccc(NC(=O)[C@@H](CC(C)C)NC(=O)[C@@H](CC(N)=O)NC(=O)[C@@H](C)NC(=O)[C@@H](C)NC[C@@H](O)CCC(O)O)cc1. The maximum Gasteiger partial charge on any atom is 0.508 e. The van der Waals surface area contributed by atoms with Crippen LogP contribution in [0.2, 0.25) is 0 Å². The number of amides is 6. The third kappa shape index (κ3) is 19.2. The molecule has 1 unspecified atom stereocenters. The lowest BCUT2D eigenvalue weighted by atomic mass is 9.44. The van der Waals surface area contributed by atoms with Gasteiger partial charge in [-0.2, -0.15) is 0 Å². The summed E-state index contributed by atoms with van der Waals surface area (Å²) in [4.78, 5) is 168. The first-order valence-corrected chi connectivity index (χ1v) is 35.1. The fraction of sp³-hybridized carbons (Fsp3) is 0.500. The minimum atomic E-state index is -2.61. The normalized spacial score (nSPS) is 24.7. The lowest BCUT2D eigenvalue weighted by Gasteiger charge is -2.67. The van der Waals surface area contributed by atoms with Gasteiger partial charge in [-0.25, -0.2) is 14.4 Å². The minimum Gasteiger partial charge on any atom is -0.456 e. The van der Waals surface area contributed by atoms with Crippen LogP contribution in [-0.2, 0) is 82.9 Å². The number of rotatable bonds is 31. The molecule has 4 aromatic rings. The van der Waals surface area contributed by atoms with Crippen molar-refractivity contribution in [2.45, 2.75) is 205 Å². The summed E-state index contributed by atoms with van der Waals surface area (Å²) in [7, 11) is 0. The number of benzene rings is 4. The third-order valence-corrected chi connectivity index (χ3v) is 20.2. The van der Waals surface area contributed by atoms with Crippen molar-refractivity contribution in [3.63, 3.8) is 0 Å². The molecule has 2 bridgehead atoms. The summed E-state index contributed by atoms with van der Waals surface area (Å²) in [5.74, 6) is -12.3. The van der Waals surface area contributed by atoms with Crippen LogP contribution < -0.4 is 37.6 Å². The highest BCUT2D eigenvalue weighted by Crippen LogP contribution is 2.65. The van der Waals surface area contributed by atoms with E-state index in [1.54, 1.807) is 80.6 Å². The zero-order valence-electron chi connectivity index (χ0n) is 61.1. The zero-order valence-corrected chi connectivity index (χ0v) is 61.1. The predicted molar refractivity (Wildman–Crippen MR) is 377 cm³/mol. The molecule has 3 fully saturated rings. The Hall–Kier alpha value is -10.0. The summed E-state index contributed by atoms with van der Waals surface area (Å²) in [6.45, 7) is 13.1. The molecule has 31 heteroatoms. The maximum absolute atomic E-state index is 16.5. The van der Waals surface area contributed by atoms with Crippen molar-refractivity contribution in [2.75, 3.05) is 18.5 Å². The molecule has 0 spiro atoms. The number of ketones is 1. The van der Waals surface area contributed by atoms with Crippen LogP contribution in [0, 0.1) is 22.7 Å². The molecular formula is C76H95N7O24. The molecular weight excluding hydrogens is 1390 g/mol. The first-order chi connectivity index (χ1) is 50.4. The fourth-order valence-electron chi connectivity index (χ4n) is 14.5. The van der Waals surface area contributed by atoms with Crippen LogP contribution in [0.5, 0.6) is 0 Å². The van der Waals surface area contributed by atoms with Crippen molar-refractivity contribution in [1.29, 1.82) is 0 Å². The molecule has 4 aliphatic rings. The Bertz CT molecular complexity index is 3950. The fourth-order valence-corrected chi connectivity index (χ4v) is 14.5. The molecule has 0 radical (unpaired) electrons. The van der Waals surface area contributed by atoms with Gasteiger partial charge < -0.3 is 96.3 Å². The van der Waals surface area contributed by atoms with Crippen LogP contribution in [0.15, 0.2) is 126 Å². The molecule has 1 saturated heterocycles. The van der Waals surface area contributed by atoms with E-state index in [-0.39, 0.29) is 59.7 Å². The summed E-state index contributed by atoms with van der Waals surface area (Å²) < 4.78 is 43.2. The van der Waals surface area contributed by atoms with Gasteiger partial charge in [0, 0.05) is 56.3 Å². The van der Waals surface area contributed by atoms with Crippen molar-refractivity contribution < 1.29 is 116 Å². The molecule has 107 heavy (non-hydrogen) atoms. The van der Waals surface area contributed by atoms with Crippen LogP contribution in [-0.4, -0.2) is 194 Å². The van der Waals surface area contributed by atoms with Gasteiger partial charge in [0.1, 0.15) is 54.7 Å². The van der Waals surface area contributed by atoms with Gasteiger partial charge in [-0.15, -0.1) is 0 Å². The summed E-state index contributed by atoms with van der Waals surface area (Å²) in [6, 6.07) is 22.9. The molecule has 31 nitrogen and oxygen atoms in total. The van der Waals surface area contributed by atoms with E-state index in [0.717, 1.165) is 13.8 Å². The number of aliphatic hydroxyl groups is 5. The average Bonchev–Trinajstić information content (AvgIpc) is 0.667. The van der Waals surface area contributed by atoms with Gasteiger partial charge in [-0.1, -0.05) is 107 Å². The number of fused-ring (bicyclic) bond motifs is 5. The molecule has 3 aliphatic carbocycles. The monoisotopic (exact) mass is 1490 g/mol. The maximum atomic E-state index is 16.5. The first-order valence-electron chi connectivity index (χ1n) is 35.1. The molecule has 1 heterocycles. The van der Waals surface area contributed by atoms with Crippen LogP contribution >= 0.6 is 0 Å². The van der Waals surface area contributed by atoms with Gasteiger partial charge in [-0.05, 0) is 105 Å². The number of nitrogens with one attached hydrogen (secondary N) is 6. The second kappa shape index (κ2) is 35.1. The van der Waals surface area contributed by atoms with Gasteiger partial charge in [0.15, 0.2) is 29.9 Å². The lowest BCUT2D eigenvalue weighted by Crippen LogP contribution is -2.82. The van der Waals surface area contributed by atoms with Gasteiger partial charge in [0.05, 0.1) is 48.1 Å². The van der Waals surface area contributed by atoms with Crippen molar-refractivity contribution in [3.05, 3.63) is 149 Å². The van der Waals surface area contributed by atoms with E-state index in [9.17, 15) is 68.1 Å². The number of anilines is 1. The van der Waals surface area contributed by atoms with Crippen LogP contribution in [0.4, 0.5) is 10.5 Å². The van der Waals surface area contributed by atoms with E-state index in [1.165, 1.54) is 90.1 Å². The highest BCUT2D eigenvalue weighted by molar-refractivity contribution is 6.01. The Kier molecular flexibility index (Phi) is 27.1. The summed E-state index contributed by atoms with van der Waals surface area (Å²) in [6.07, 6.45) is -16.8.